The molecule has 0 fully saturated rings. The van der Waals surface area contributed by atoms with Crippen LogP contribution in [-0.4, -0.2) is 0 Å². The normalized spacial score (nSPS) is 20.1. The Labute approximate surface area is 243 Å². The minimum Gasteiger partial charge on any atom is -0.313 e. The highest BCUT2D eigenvalue weighted by molar-refractivity contribution is 5.82. The molecule has 0 radical (unpaired) electrons. The molecule has 41 heavy (non-hydrogen) atoms. The molecule has 0 amide bonds. The SMILES string of the molecule is C=CC1=CC=C2C(C1)c1ccccc1N2c1ccc(-c2ccc(CC3C4=C(CCC=C4)c4ccccc43)cc2)cc1. The first-order chi connectivity index (χ1) is 20.3. The van der Waals surface area contributed by atoms with E-state index in [0.29, 0.717) is 11.8 Å². The Balaban J connectivity index is 1.05. The molecule has 0 N–H and O–H groups in total. The van der Waals surface area contributed by atoms with Crippen LogP contribution in [0.1, 0.15) is 53.4 Å². The van der Waals surface area contributed by atoms with Crippen molar-refractivity contribution < 1.29 is 0 Å². The van der Waals surface area contributed by atoms with E-state index in [0.717, 1.165) is 19.3 Å². The molecule has 8 rings (SSSR count). The monoisotopic (exact) mass is 527 g/mol. The van der Waals surface area contributed by atoms with Crippen LogP contribution in [0.2, 0.25) is 0 Å². The van der Waals surface area contributed by atoms with Gasteiger partial charge in [0.25, 0.3) is 0 Å². The number of rotatable bonds is 5. The van der Waals surface area contributed by atoms with Crippen LogP contribution in [0.25, 0.3) is 16.7 Å². The van der Waals surface area contributed by atoms with Gasteiger partial charge in [0, 0.05) is 28.9 Å². The van der Waals surface area contributed by atoms with E-state index in [-0.39, 0.29) is 0 Å². The summed E-state index contributed by atoms with van der Waals surface area (Å²) in [5, 5.41) is 0. The molecule has 4 aliphatic rings. The van der Waals surface area contributed by atoms with Gasteiger partial charge in [-0.05, 0) is 100 Å². The number of benzene rings is 4. The summed E-state index contributed by atoms with van der Waals surface area (Å²) < 4.78 is 0. The molecule has 0 saturated carbocycles. The molecule has 4 aromatic carbocycles. The van der Waals surface area contributed by atoms with Crippen LogP contribution in [0.15, 0.2) is 151 Å². The first-order valence-corrected chi connectivity index (χ1v) is 14.9. The molecule has 0 bridgehead atoms. The van der Waals surface area contributed by atoms with Crippen LogP contribution < -0.4 is 4.90 Å². The molecule has 0 aromatic heterocycles. The number of nitrogens with zero attached hydrogens (tertiary/aromatic N) is 1. The van der Waals surface area contributed by atoms with E-state index in [2.05, 4.69) is 133 Å². The number of anilines is 2. The van der Waals surface area contributed by atoms with E-state index >= 15 is 0 Å². The Morgan fingerprint density at radius 2 is 1.51 bits per heavy atom. The van der Waals surface area contributed by atoms with E-state index in [4.69, 9.17) is 0 Å². The number of hydrogen-bond acceptors (Lipinski definition) is 1. The van der Waals surface area contributed by atoms with Crippen molar-refractivity contribution in [2.45, 2.75) is 37.5 Å². The molecule has 3 aliphatic carbocycles. The van der Waals surface area contributed by atoms with E-state index in [1.54, 1.807) is 5.57 Å². The number of hydrogen-bond donors (Lipinski definition) is 0. The van der Waals surface area contributed by atoms with Crippen LogP contribution in [0, 0.1) is 0 Å². The highest BCUT2D eigenvalue weighted by Crippen LogP contribution is 2.52. The van der Waals surface area contributed by atoms with Crippen molar-refractivity contribution >= 4 is 16.9 Å². The summed E-state index contributed by atoms with van der Waals surface area (Å²) in [6, 6.07) is 36.2. The highest BCUT2D eigenvalue weighted by Gasteiger charge is 2.35. The van der Waals surface area contributed by atoms with Gasteiger partial charge in [-0.1, -0.05) is 110 Å². The average molecular weight is 528 g/mol. The Morgan fingerprint density at radius 1 is 0.780 bits per heavy atom. The highest BCUT2D eigenvalue weighted by atomic mass is 15.2. The maximum Gasteiger partial charge on any atom is 0.0497 e. The second-order valence-electron chi connectivity index (χ2n) is 11.7. The zero-order valence-electron chi connectivity index (χ0n) is 23.3. The Kier molecular flexibility index (Phi) is 5.77. The Morgan fingerprint density at radius 3 is 2.32 bits per heavy atom. The first kappa shape index (κ1) is 24.2. The maximum atomic E-state index is 4.01. The summed E-state index contributed by atoms with van der Waals surface area (Å²) in [5.74, 6) is 0.848. The molecule has 198 valence electrons. The van der Waals surface area contributed by atoms with Gasteiger partial charge >= 0.3 is 0 Å². The lowest BCUT2D eigenvalue weighted by Gasteiger charge is -2.26. The van der Waals surface area contributed by atoms with Gasteiger partial charge < -0.3 is 4.90 Å². The van der Waals surface area contributed by atoms with Crippen LogP contribution in [-0.2, 0) is 6.42 Å². The number of para-hydroxylation sites is 1. The molecule has 0 saturated heterocycles. The quantitative estimate of drug-likeness (QED) is 0.249. The largest absolute Gasteiger partial charge is 0.313 e. The van der Waals surface area contributed by atoms with Crippen LogP contribution in [0.4, 0.5) is 11.4 Å². The zero-order valence-corrected chi connectivity index (χ0v) is 23.3. The third kappa shape index (κ3) is 3.99. The van der Waals surface area contributed by atoms with Gasteiger partial charge in [0.2, 0.25) is 0 Å². The molecule has 1 nitrogen and oxygen atoms in total. The van der Waals surface area contributed by atoms with Crippen LogP contribution in [0.5, 0.6) is 0 Å². The lowest BCUT2D eigenvalue weighted by Crippen LogP contribution is -2.15. The fourth-order valence-corrected chi connectivity index (χ4v) is 7.42. The second-order valence-corrected chi connectivity index (χ2v) is 11.7. The van der Waals surface area contributed by atoms with E-state index in [1.165, 1.54) is 68.0 Å². The predicted octanol–water partition coefficient (Wildman–Crippen LogP) is 10.4. The zero-order chi connectivity index (χ0) is 27.3. The minimum atomic E-state index is 0.388. The summed E-state index contributed by atoms with van der Waals surface area (Å²) in [4.78, 5) is 2.44. The smallest absolute Gasteiger partial charge is 0.0497 e. The summed E-state index contributed by atoms with van der Waals surface area (Å²) in [7, 11) is 0. The molecular formula is C40H33N. The molecule has 2 unspecified atom stereocenters. The van der Waals surface area contributed by atoms with Gasteiger partial charge in [-0.15, -0.1) is 0 Å². The fourth-order valence-electron chi connectivity index (χ4n) is 7.42. The lowest BCUT2D eigenvalue weighted by molar-refractivity contribution is 0.797. The molecule has 2 atom stereocenters. The first-order valence-electron chi connectivity index (χ1n) is 14.9. The third-order valence-electron chi connectivity index (χ3n) is 9.43. The Hall–Kier alpha value is -4.62. The van der Waals surface area contributed by atoms with Crippen molar-refractivity contribution in [3.8, 4) is 11.1 Å². The van der Waals surface area contributed by atoms with Crippen molar-refractivity contribution in [2.24, 2.45) is 0 Å². The van der Waals surface area contributed by atoms with Gasteiger partial charge in [0.1, 0.15) is 0 Å². The molecule has 0 spiro atoms. The van der Waals surface area contributed by atoms with Gasteiger partial charge in [0.15, 0.2) is 0 Å². The minimum absolute atomic E-state index is 0.388. The van der Waals surface area contributed by atoms with E-state index in [1.807, 2.05) is 6.08 Å². The number of fused-ring (bicyclic) bond motifs is 5. The topological polar surface area (TPSA) is 3.24 Å². The van der Waals surface area contributed by atoms with Gasteiger partial charge in [0.05, 0.1) is 0 Å². The van der Waals surface area contributed by atoms with Gasteiger partial charge in [-0.2, -0.15) is 0 Å². The van der Waals surface area contributed by atoms with Crippen molar-refractivity contribution in [3.05, 3.63) is 173 Å². The molecule has 1 heterocycles. The Bertz CT molecular complexity index is 1790. The summed E-state index contributed by atoms with van der Waals surface area (Å²) >= 11 is 0. The predicted molar refractivity (Wildman–Crippen MR) is 172 cm³/mol. The maximum absolute atomic E-state index is 4.01. The molecule has 4 aromatic rings. The van der Waals surface area contributed by atoms with Crippen molar-refractivity contribution in [2.75, 3.05) is 4.90 Å². The molecule has 1 heteroatoms. The van der Waals surface area contributed by atoms with Crippen molar-refractivity contribution in [1.82, 2.24) is 0 Å². The summed E-state index contributed by atoms with van der Waals surface area (Å²) in [6.45, 7) is 4.01. The van der Waals surface area contributed by atoms with Gasteiger partial charge in [-0.25, -0.2) is 0 Å². The van der Waals surface area contributed by atoms with E-state index < -0.39 is 0 Å². The van der Waals surface area contributed by atoms with Gasteiger partial charge in [-0.3, -0.25) is 0 Å². The molecular weight excluding hydrogens is 494 g/mol. The second kappa shape index (κ2) is 9.78. The van der Waals surface area contributed by atoms with Crippen LogP contribution >= 0.6 is 0 Å². The number of allylic oxidation sites excluding steroid dienone is 9. The van der Waals surface area contributed by atoms with Crippen molar-refractivity contribution in [1.29, 1.82) is 0 Å². The van der Waals surface area contributed by atoms with Crippen LogP contribution in [0.3, 0.4) is 0 Å². The molecule has 1 aliphatic heterocycles. The summed E-state index contributed by atoms with van der Waals surface area (Å²) in [5.41, 5.74) is 16.6. The average Bonchev–Trinajstić information content (AvgIpc) is 3.54. The summed E-state index contributed by atoms with van der Waals surface area (Å²) in [6.07, 6.45) is 15.6. The van der Waals surface area contributed by atoms with E-state index in [9.17, 15) is 0 Å². The van der Waals surface area contributed by atoms with Crippen molar-refractivity contribution in [3.63, 3.8) is 0 Å². The third-order valence-corrected chi connectivity index (χ3v) is 9.43. The fraction of sp³-hybridized carbons (Fsp3) is 0.150. The lowest BCUT2D eigenvalue weighted by atomic mass is 9.87. The standard InChI is InChI=1S/C40H33N/c1-2-27-17-24-40-38(25-27)36-13-7-8-14-39(36)41(40)31-22-20-30(21-23-31)29-18-15-28(16-19-29)26-37-34-11-5-3-9-32(34)33-10-4-6-12-35(33)37/h2-3,5-9,11-24,37-38H,1,4,10,25-26H2.